The summed E-state index contributed by atoms with van der Waals surface area (Å²) in [6, 6.07) is 8.93. The highest BCUT2D eigenvalue weighted by atomic mass is 16.1. The van der Waals surface area contributed by atoms with E-state index in [9.17, 15) is 4.79 Å². The van der Waals surface area contributed by atoms with Gasteiger partial charge in [-0.25, -0.2) is 9.97 Å². The van der Waals surface area contributed by atoms with Crippen LogP contribution in [0.2, 0.25) is 0 Å². The Balaban J connectivity index is 0.000000270. The molecule has 4 nitrogen and oxygen atoms in total. The van der Waals surface area contributed by atoms with Gasteiger partial charge >= 0.3 is 0 Å². The molecule has 0 saturated heterocycles. The number of carbonyl (C=O) groups is 1. The number of hydrogen-bond donors (Lipinski definition) is 0. The monoisotopic (exact) mass is 285 g/mol. The summed E-state index contributed by atoms with van der Waals surface area (Å²) in [4.78, 5) is 21.0. The van der Waals surface area contributed by atoms with Gasteiger partial charge in [0.2, 0.25) is 0 Å². The largest absolute Gasteiger partial charge is 0.304 e. The summed E-state index contributed by atoms with van der Waals surface area (Å²) >= 11 is 0. The molecule has 4 heteroatoms. The van der Waals surface area contributed by atoms with Crippen molar-refractivity contribution >= 4 is 6.29 Å². The summed E-state index contributed by atoms with van der Waals surface area (Å²) in [5.41, 5.74) is 1.57. The molecule has 112 valence electrons. The third-order valence-electron chi connectivity index (χ3n) is 3.21. The average molecular weight is 285 g/mol. The average Bonchev–Trinajstić information content (AvgIpc) is 2.58. The first-order valence-electron chi connectivity index (χ1n) is 7.30. The normalized spacial score (nSPS) is 9.90. The zero-order chi connectivity index (χ0) is 15.5. The minimum Gasteiger partial charge on any atom is -0.304 e. The zero-order valence-electron chi connectivity index (χ0n) is 13.0. The quantitative estimate of drug-likeness (QED) is 0.791. The first-order valence-corrected chi connectivity index (χ1v) is 7.30. The molecule has 0 fully saturated rings. The van der Waals surface area contributed by atoms with Gasteiger partial charge in [0.1, 0.15) is 6.29 Å². The van der Waals surface area contributed by atoms with Gasteiger partial charge in [-0.2, -0.15) is 0 Å². The maximum atomic E-state index is 10.4. The molecule has 1 aromatic heterocycles. The number of benzene rings is 1. The Kier molecular flexibility index (Phi) is 7.90. The molecule has 0 aliphatic heterocycles. The molecule has 0 saturated carbocycles. The van der Waals surface area contributed by atoms with Crippen LogP contribution in [0.4, 0.5) is 0 Å². The van der Waals surface area contributed by atoms with Gasteiger partial charge < -0.3 is 4.90 Å². The van der Waals surface area contributed by atoms with Crippen LogP contribution >= 0.6 is 0 Å². The summed E-state index contributed by atoms with van der Waals surface area (Å²) in [6.07, 6.45) is 4.20. The van der Waals surface area contributed by atoms with E-state index in [1.165, 1.54) is 19.6 Å². The molecule has 0 aliphatic rings. The first kappa shape index (κ1) is 17.0. The summed E-state index contributed by atoms with van der Waals surface area (Å²) in [6.45, 7) is 10.1. The molecule has 0 unspecified atom stereocenters. The van der Waals surface area contributed by atoms with Gasteiger partial charge in [0.15, 0.2) is 5.82 Å². The predicted molar refractivity (Wildman–Crippen MR) is 86.3 cm³/mol. The van der Waals surface area contributed by atoms with Crippen LogP contribution in [-0.2, 0) is 0 Å². The van der Waals surface area contributed by atoms with E-state index in [0.29, 0.717) is 11.4 Å². The van der Waals surface area contributed by atoms with Crippen molar-refractivity contribution in [1.29, 1.82) is 0 Å². The van der Waals surface area contributed by atoms with Crippen molar-refractivity contribution in [3.8, 4) is 11.4 Å². The van der Waals surface area contributed by atoms with Crippen molar-refractivity contribution in [1.82, 2.24) is 14.9 Å². The molecule has 0 amide bonds. The van der Waals surface area contributed by atoms with Crippen LogP contribution < -0.4 is 0 Å². The second-order valence-corrected chi connectivity index (χ2v) is 4.43. The Bertz CT molecular complexity index is 502. The lowest BCUT2D eigenvalue weighted by Crippen LogP contribution is -2.21. The van der Waals surface area contributed by atoms with E-state index in [-0.39, 0.29) is 0 Å². The lowest BCUT2D eigenvalue weighted by Gasteiger charge is -2.13. The molecule has 1 heterocycles. The fourth-order valence-electron chi connectivity index (χ4n) is 1.83. The summed E-state index contributed by atoms with van der Waals surface area (Å²) in [5, 5.41) is 0. The van der Waals surface area contributed by atoms with E-state index in [4.69, 9.17) is 0 Å². The Morgan fingerprint density at radius 3 is 1.86 bits per heavy atom. The Labute approximate surface area is 126 Å². The highest BCUT2D eigenvalue weighted by Gasteiger charge is 1.98. The number of carbonyl (C=O) groups excluding carboxylic acids is 1. The van der Waals surface area contributed by atoms with E-state index in [1.54, 1.807) is 30.6 Å². The van der Waals surface area contributed by atoms with E-state index in [0.717, 1.165) is 11.8 Å². The van der Waals surface area contributed by atoms with Gasteiger partial charge in [-0.15, -0.1) is 0 Å². The fraction of sp³-hybridized carbons (Fsp3) is 0.353. The second kappa shape index (κ2) is 9.77. The number of nitrogens with zero attached hydrogens (tertiary/aromatic N) is 3. The summed E-state index contributed by atoms with van der Waals surface area (Å²) < 4.78 is 0. The lowest BCUT2D eigenvalue weighted by atomic mass is 10.1. The van der Waals surface area contributed by atoms with Gasteiger partial charge in [-0.3, -0.25) is 4.79 Å². The summed E-state index contributed by atoms with van der Waals surface area (Å²) in [5.74, 6) is 0.671. The van der Waals surface area contributed by atoms with Crippen molar-refractivity contribution < 1.29 is 4.79 Å². The van der Waals surface area contributed by atoms with Crippen LogP contribution in [0.3, 0.4) is 0 Å². The molecule has 0 atom stereocenters. The SMILES string of the molecule is CCN(CC)CC.O=Cc1ccc(-c2ncccn2)cc1. The smallest absolute Gasteiger partial charge is 0.159 e. The lowest BCUT2D eigenvalue weighted by molar-refractivity contribution is 0.112. The number of aromatic nitrogens is 2. The highest BCUT2D eigenvalue weighted by Crippen LogP contribution is 2.13. The Hall–Kier alpha value is -2.07. The van der Waals surface area contributed by atoms with Crippen molar-refractivity contribution in [2.75, 3.05) is 19.6 Å². The Morgan fingerprint density at radius 1 is 0.952 bits per heavy atom. The molecular weight excluding hydrogens is 262 g/mol. The van der Waals surface area contributed by atoms with Crippen LogP contribution in [0.25, 0.3) is 11.4 Å². The van der Waals surface area contributed by atoms with Gasteiger partial charge in [0, 0.05) is 23.5 Å². The van der Waals surface area contributed by atoms with Crippen LogP contribution in [0.5, 0.6) is 0 Å². The zero-order valence-corrected chi connectivity index (χ0v) is 13.0. The van der Waals surface area contributed by atoms with Gasteiger partial charge in [0.25, 0.3) is 0 Å². The van der Waals surface area contributed by atoms with E-state index in [2.05, 4.69) is 35.6 Å². The summed E-state index contributed by atoms with van der Waals surface area (Å²) in [7, 11) is 0. The maximum absolute atomic E-state index is 10.4. The van der Waals surface area contributed by atoms with Crippen molar-refractivity contribution in [3.05, 3.63) is 48.3 Å². The van der Waals surface area contributed by atoms with Gasteiger partial charge in [-0.1, -0.05) is 45.0 Å². The van der Waals surface area contributed by atoms with Crippen LogP contribution in [-0.4, -0.2) is 40.8 Å². The molecule has 0 radical (unpaired) electrons. The van der Waals surface area contributed by atoms with Crippen LogP contribution in [0.15, 0.2) is 42.7 Å². The minimum absolute atomic E-state index is 0.657. The van der Waals surface area contributed by atoms with Gasteiger partial charge in [0.05, 0.1) is 0 Å². The standard InChI is InChI=1S/C11H8N2O.C6H15N/c14-8-9-2-4-10(5-3-9)11-12-6-1-7-13-11;1-4-7(5-2)6-3/h1-8H;4-6H2,1-3H3. The third-order valence-corrected chi connectivity index (χ3v) is 3.21. The second-order valence-electron chi connectivity index (χ2n) is 4.43. The number of aldehydes is 1. The number of hydrogen-bond acceptors (Lipinski definition) is 4. The van der Waals surface area contributed by atoms with Gasteiger partial charge in [-0.05, 0) is 25.7 Å². The topological polar surface area (TPSA) is 46.1 Å². The molecule has 0 spiro atoms. The molecular formula is C17H23N3O. The molecule has 0 bridgehead atoms. The highest BCUT2D eigenvalue weighted by molar-refractivity contribution is 5.76. The van der Waals surface area contributed by atoms with Crippen molar-refractivity contribution in [2.24, 2.45) is 0 Å². The van der Waals surface area contributed by atoms with Crippen LogP contribution in [0, 0.1) is 0 Å². The molecule has 0 N–H and O–H groups in total. The van der Waals surface area contributed by atoms with E-state index in [1.807, 2.05) is 12.1 Å². The van der Waals surface area contributed by atoms with Crippen LogP contribution in [0.1, 0.15) is 31.1 Å². The van der Waals surface area contributed by atoms with Crippen molar-refractivity contribution in [2.45, 2.75) is 20.8 Å². The first-order chi connectivity index (χ1) is 10.2. The molecule has 21 heavy (non-hydrogen) atoms. The molecule has 2 aromatic rings. The third kappa shape index (κ3) is 5.83. The predicted octanol–water partition coefficient (Wildman–Crippen LogP) is 3.30. The maximum Gasteiger partial charge on any atom is 0.159 e. The minimum atomic E-state index is 0.657. The van der Waals surface area contributed by atoms with E-state index >= 15 is 0 Å². The molecule has 2 rings (SSSR count). The van der Waals surface area contributed by atoms with Crippen molar-refractivity contribution in [3.63, 3.8) is 0 Å². The molecule has 0 aliphatic carbocycles. The van der Waals surface area contributed by atoms with E-state index < -0.39 is 0 Å². The Morgan fingerprint density at radius 2 is 1.48 bits per heavy atom. The molecule has 1 aromatic carbocycles. The number of rotatable bonds is 5. The fourth-order valence-corrected chi connectivity index (χ4v) is 1.83.